The number of nitrogens with zero attached hydrogens (tertiary/aromatic N) is 2. The number of aliphatic hydroxyl groups excluding tert-OH is 2. The van der Waals surface area contributed by atoms with Gasteiger partial charge in [-0.3, -0.25) is 4.99 Å². The van der Waals surface area contributed by atoms with Gasteiger partial charge in [0.1, 0.15) is 11.5 Å². The summed E-state index contributed by atoms with van der Waals surface area (Å²) in [6.45, 7) is 3.86. The van der Waals surface area contributed by atoms with Crippen LogP contribution in [0.2, 0.25) is 0 Å². The minimum absolute atomic E-state index is 0.000527. The fraction of sp³-hybridized carbons (Fsp3) is 0.467. The number of aromatic nitrogens is 1. The minimum atomic E-state index is -0.462. The molecule has 1 aromatic heterocycles. The number of aryl methyl sites for hydroxylation is 1. The number of rotatable bonds is 4. The number of hydrogen-bond acceptors (Lipinski definition) is 5. The lowest BCUT2D eigenvalue weighted by molar-refractivity contribution is 0.105. The molecule has 0 aliphatic heterocycles. The summed E-state index contributed by atoms with van der Waals surface area (Å²) in [5, 5.41) is 19.3. The Bertz CT molecular complexity index is 520. The molecule has 5 heteroatoms. The third-order valence-corrected chi connectivity index (χ3v) is 3.90. The average molecular weight is 275 g/mol. The summed E-state index contributed by atoms with van der Waals surface area (Å²) >= 11 is 0. The summed E-state index contributed by atoms with van der Waals surface area (Å²) < 4.78 is 0. The van der Waals surface area contributed by atoms with Crippen LogP contribution in [0.5, 0.6) is 0 Å². The van der Waals surface area contributed by atoms with Crippen LogP contribution in [0.25, 0.3) is 0 Å². The molecule has 1 aromatic rings. The molecule has 1 aliphatic rings. The number of nitrogen functional groups attached to an aromatic ring is 1. The highest BCUT2D eigenvalue weighted by Crippen LogP contribution is 2.32. The monoisotopic (exact) mass is 275 g/mol. The molecule has 0 amide bonds. The highest BCUT2D eigenvalue weighted by atomic mass is 16.3. The van der Waals surface area contributed by atoms with Gasteiger partial charge in [-0.1, -0.05) is 13.0 Å². The molecule has 0 aromatic carbocycles. The van der Waals surface area contributed by atoms with Crippen molar-refractivity contribution >= 4 is 17.7 Å². The highest BCUT2D eigenvalue weighted by molar-refractivity contribution is 5.71. The van der Waals surface area contributed by atoms with Crippen molar-refractivity contribution in [3.63, 3.8) is 0 Å². The van der Waals surface area contributed by atoms with Crippen molar-refractivity contribution in [2.24, 2.45) is 16.8 Å². The molecule has 0 spiro atoms. The van der Waals surface area contributed by atoms with E-state index < -0.39 is 6.10 Å². The van der Waals surface area contributed by atoms with Crippen molar-refractivity contribution in [2.75, 3.05) is 12.3 Å². The van der Waals surface area contributed by atoms with E-state index in [0.29, 0.717) is 17.9 Å². The largest absolute Gasteiger partial charge is 0.392 e. The predicted molar refractivity (Wildman–Crippen MR) is 80.0 cm³/mol. The lowest BCUT2D eigenvalue weighted by Crippen LogP contribution is -2.21. The first kappa shape index (κ1) is 14.7. The quantitative estimate of drug-likeness (QED) is 0.575. The van der Waals surface area contributed by atoms with Crippen LogP contribution in [-0.2, 0) is 0 Å². The molecule has 3 atom stereocenters. The number of hydrogen-bond donors (Lipinski definition) is 3. The summed E-state index contributed by atoms with van der Waals surface area (Å²) in [5.74, 6) is 0.408. The molecule has 2 rings (SSSR count). The van der Waals surface area contributed by atoms with Crippen molar-refractivity contribution in [3.8, 4) is 0 Å². The summed E-state index contributed by atoms with van der Waals surface area (Å²) in [7, 11) is 0. The first-order valence-electron chi connectivity index (χ1n) is 6.77. The van der Waals surface area contributed by atoms with Crippen LogP contribution in [0.4, 0.5) is 11.5 Å². The highest BCUT2D eigenvalue weighted by Gasteiger charge is 2.31. The van der Waals surface area contributed by atoms with Crippen LogP contribution in [0.1, 0.15) is 18.9 Å². The van der Waals surface area contributed by atoms with E-state index in [0.717, 1.165) is 11.1 Å². The van der Waals surface area contributed by atoms with Crippen molar-refractivity contribution < 1.29 is 10.2 Å². The van der Waals surface area contributed by atoms with Crippen molar-refractivity contribution in [1.29, 1.82) is 0 Å². The van der Waals surface area contributed by atoms with Gasteiger partial charge in [-0.25, -0.2) is 4.98 Å². The van der Waals surface area contributed by atoms with Gasteiger partial charge in [-0.05, 0) is 30.5 Å². The number of aliphatic imine (C=N–C) groups is 1. The summed E-state index contributed by atoms with van der Waals surface area (Å²) in [4.78, 5) is 8.38. The average Bonchev–Trinajstić information content (AvgIpc) is 2.70. The Morgan fingerprint density at radius 2 is 2.25 bits per heavy atom. The smallest absolute Gasteiger partial charge is 0.149 e. The molecular formula is C15H21N3O2. The van der Waals surface area contributed by atoms with Gasteiger partial charge >= 0.3 is 0 Å². The number of aliphatic hydroxyl groups is 2. The van der Waals surface area contributed by atoms with E-state index in [9.17, 15) is 10.2 Å². The van der Waals surface area contributed by atoms with Crippen molar-refractivity contribution in [1.82, 2.24) is 4.98 Å². The van der Waals surface area contributed by atoms with E-state index >= 15 is 0 Å². The summed E-state index contributed by atoms with van der Waals surface area (Å²) in [6, 6.07) is 1.86. The maximum Gasteiger partial charge on any atom is 0.149 e. The second-order valence-corrected chi connectivity index (χ2v) is 5.25. The van der Waals surface area contributed by atoms with Gasteiger partial charge in [-0.2, -0.15) is 0 Å². The van der Waals surface area contributed by atoms with Gasteiger partial charge in [0.25, 0.3) is 0 Å². The van der Waals surface area contributed by atoms with Gasteiger partial charge < -0.3 is 15.9 Å². The Kier molecular flexibility index (Phi) is 4.52. The zero-order chi connectivity index (χ0) is 14.7. The SMILES string of the molecule is Cc1ccnc(N)c1N=CC[C@@H]1C=C(CO)[C@@H](C)[C@H]1O. The van der Waals surface area contributed by atoms with Gasteiger partial charge in [0.05, 0.1) is 12.7 Å². The standard InChI is InChI=1S/C15H21N3O2/c1-9-3-5-18-15(16)13(9)17-6-4-11-7-12(8-19)10(2)14(11)20/h3,5-7,10-11,14,19-20H,4,8H2,1-2H3,(H2,16,18)/t10-,11-,14-/m1/s1. The first-order chi connectivity index (χ1) is 9.54. The lowest BCUT2D eigenvalue weighted by Gasteiger charge is -2.16. The molecule has 0 unspecified atom stereocenters. The maximum atomic E-state index is 10.1. The summed E-state index contributed by atoms with van der Waals surface area (Å²) in [6.07, 6.45) is 5.51. The molecule has 20 heavy (non-hydrogen) atoms. The Hall–Kier alpha value is -1.72. The van der Waals surface area contributed by atoms with Crippen LogP contribution >= 0.6 is 0 Å². The van der Waals surface area contributed by atoms with Crippen LogP contribution in [0.15, 0.2) is 28.9 Å². The third-order valence-electron chi connectivity index (χ3n) is 3.90. The van der Waals surface area contributed by atoms with Gasteiger partial charge in [0.2, 0.25) is 0 Å². The normalized spacial score (nSPS) is 26.2. The van der Waals surface area contributed by atoms with E-state index in [-0.39, 0.29) is 18.4 Å². The van der Waals surface area contributed by atoms with Gasteiger partial charge in [0.15, 0.2) is 0 Å². The lowest BCUT2D eigenvalue weighted by atomic mass is 9.96. The fourth-order valence-corrected chi connectivity index (χ4v) is 2.52. The molecule has 0 radical (unpaired) electrons. The molecular weight excluding hydrogens is 254 g/mol. The summed E-state index contributed by atoms with van der Waals surface area (Å²) in [5.41, 5.74) is 8.34. The second kappa shape index (κ2) is 6.15. The minimum Gasteiger partial charge on any atom is -0.392 e. The van der Waals surface area contributed by atoms with E-state index in [1.165, 1.54) is 0 Å². The third kappa shape index (κ3) is 2.89. The Balaban J connectivity index is 2.06. The molecule has 1 heterocycles. The van der Waals surface area contributed by atoms with Gasteiger partial charge in [-0.15, -0.1) is 0 Å². The maximum absolute atomic E-state index is 10.1. The zero-order valence-corrected chi connectivity index (χ0v) is 11.8. The molecule has 108 valence electrons. The predicted octanol–water partition coefficient (Wildman–Crippen LogP) is 1.61. The van der Waals surface area contributed by atoms with Crippen LogP contribution in [0.3, 0.4) is 0 Å². The second-order valence-electron chi connectivity index (χ2n) is 5.25. The first-order valence-corrected chi connectivity index (χ1v) is 6.77. The van der Waals surface area contributed by atoms with Crippen molar-refractivity contribution in [2.45, 2.75) is 26.4 Å². The molecule has 4 N–H and O–H groups in total. The molecule has 0 saturated heterocycles. The molecule has 0 saturated carbocycles. The number of pyridine rings is 1. The number of nitrogens with two attached hydrogens (primary N) is 1. The van der Waals surface area contributed by atoms with E-state index in [1.54, 1.807) is 12.4 Å². The van der Waals surface area contributed by atoms with Crippen molar-refractivity contribution in [3.05, 3.63) is 29.5 Å². The van der Waals surface area contributed by atoms with Gasteiger partial charge in [0, 0.05) is 24.2 Å². The van der Waals surface area contributed by atoms with Crippen LogP contribution < -0.4 is 5.73 Å². The number of anilines is 1. The van der Waals surface area contributed by atoms with E-state index in [4.69, 9.17) is 5.73 Å². The Morgan fingerprint density at radius 1 is 1.50 bits per heavy atom. The Morgan fingerprint density at radius 3 is 2.85 bits per heavy atom. The molecule has 5 nitrogen and oxygen atoms in total. The molecule has 0 bridgehead atoms. The topological polar surface area (TPSA) is 91.7 Å². The molecule has 1 aliphatic carbocycles. The van der Waals surface area contributed by atoms with E-state index in [1.807, 2.05) is 26.0 Å². The fourth-order valence-electron chi connectivity index (χ4n) is 2.52. The van der Waals surface area contributed by atoms with Crippen LogP contribution in [-0.4, -0.2) is 34.1 Å². The van der Waals surface area contributed by atoms with Crippen LogP contribution in [0, 0.1) is 18.8 Å². The molecule has 0 fully saturated rings. The Labute approximate surface area is 118 Å². The van der Waals surface area contributed by atoms with E-state index in [2.05, 4.69) is 9.98 Å². The zero-order valence-electron chi connectivity index (χ0n) is 11.8.